The summed E-state index contributed by atoms with van der Waals surface area (Å²) in [5, 5.41) is 50.0. The highest BCUT2D eigenvalue weighted by atomic mass is 79.9. The van der Waals surface area contributed by atoms with Crippen LogP contribution in [0.2, 0.25) is 0 Å². The fraction of sp³-hybridized carbons (Fsp3) is 0.385. The number of hydrazone groups is 1. The number of carbonyl (C=O) groups excluding carboxylic acids is 1. The van der Waals surface area contributed by atoms with Gasteiger partial charge in [-0.3, -0.25) is 4.79 Å². The quantitative estimate of drug-likeness (QED) is 0.151. The molecule has 134 valence electrons. The number of nitrogen functional groups attached to an aromatic ring is 1. The molecule has 0 aromatic heterocycles. The third-order valence-corrected chi connectivity index (χ3v) is 4.13. The van der Waals surface area contributed by atoms with Crippen LogP contribution in [0.15, 0.2) is 26.2 Å². The van der Waals surface area contributed by atoms with Crippen molar-refractivity contribution in [2.45, 2.75) is 24.4 Å². The van der Waals surface area contributed by atoms with Crippen LogP contribution in [0.5, 0.6) is 0 Å². The zero-order valence-electron chi connectivity index (χ0n) is 12.2. The number of aliphatic hydroxyl groups is 5. The Morgan fingerprint density at radius 3 is 2.46 bits per heavy atom. The van der Waals surface area contributed by atoms with E-state index in [4.69, 9.17) is 10.8 Å². The van der Waals surface area contributed by atoms with Crippen molar-refractivity contribution in [2.24, 2.45) is 5.10 Å². The van der Waals surface area contributed by atoms with Gasteiger partial charge in [-0.2, -0.15) is 5.10 Å². The van der Waals surface area contributed by atoms with E-state index in [0.29, 0.717) is 8.95 Å². The van der Waals surface area contributed by atoms with E-state index in [1.807, 2.05) is 0 Å². The predicted octanol–water partition coefficient (Wildman–Crippen LogP) is -1.05. The van der Waals surface area contributed by atoms with Crippen LogP contribution < -0.4 is 11.2 Å². The number of aliphatic hydroxyl groups excluding tert-OH is 5. The second kappa shape index (κ2) is 9.42. The fourth-order valence-electron chi connectivity index (χ4n) is 1.63. The lowest BCUT2D eigenvalue weighted by Gasteiger charge is -2.23. The Hall–Kier alpha value is -1.08. The van der Waals surface area contributed by atoms with Crippen molar-refractivity contribution in [3.05, 3.63) is 26.6 Å². The van der Waals surface area contributed by atoms with Gasteiger partial charge in [0, 0.05) is 8.95 Å². The van der Waals surface area contributed by atoms with Crippen molar-refractivity contribution in [3.8, 4) is 0 Å². The SMILES string of the molecule is Nc1c(Br)cc(Br)cc1C(=O)N/N=C/[C@H](O)[C@@H](O)[C@@H](O)[C@H](O)CO. The summed E-state index contributed by atoms with van der Waals surface area (Å²) in [7, 11) is 0. The molecular formula is C13H17Br2N3O6. The Morgan fingerprint density at radius 1 is 1.25 bits per heavy atom. The summed E-state index contributed by atoms with van der Waals surface area (Å²) in [6.07, 6.45) is -6.15. The molecule has 0 aliphatic carbocycles. The van der Waals surface area contributed by atoms with Crippen molar-refractivity contribution in [3.63, 3.8) is 0 Å². The second-order valence-corrected chi connectivity index (χ2v) is 6.56. The zero-order chi connectivity index (χ0) is 18.4. The van der Waals surface area contributed by atoms with Crippen LogP contribution in [0.3, 0.4) is 0 Å². The maximum Gasteiger partial charge on any atom is 0.273 e. The Labute approximate surface area is 154 Å². The van der Waals surface area contributed by atoms with Crippen LogP contribution in [0.1, 0.15) is 10.4 Å². The molecule has 24 heavy (non-hydrogen) atoms. The molecule has 0 saturated heterocycles. The molecule has 0 heterocycles. The summed E-state index contributed by atoms with van der Waals surface area (Å²) in [6, 6.07) is 3.13. The number of benzene rings is 1. The topological polar surface area (TPSA) is 169 Å². The molecule has 4 atom stereocenters. The van der Waals surface area contributed by atoms with Crippen LogP contribution in [0, 0.1) is 0 Å². The first-order valence-corrected chi connectivity index (χ1v) is 8.18. The molecule has 0 bridgehead atoms. The van der Waals surface area contributed by atoms with Crippen molar-refractivity contribution in [1.29, 1.82) is 0 Å². The summed E-state index contributed by atoms with van der Waals surface area (Å²) in [4.78, 5) is 12.0. The lowest BCUT2D eigenvalue weighted by molar-refractivity contribution is -0.0999. The maximum absolute atomic E-state index is 12.0. The molecule has 0 aliphatic rings. The highest BCUT2D eigenvalue weighted by molar-refractivity contribution is 9.11. The average Bonchev–Trinajstić information content (AvgIpc) is 2.55. The van der Waals surface area contributed by atoms with E-state index in [9.17, 15) is 25.2 Å². The van der Waals surface area contributed by atoms with Crippen molar-refractivity contribution >= 4 is 49.7 Å². The second-order valence-electron chi connectivity index (χ2n) is 4.79. The molecule has 0 radical (unpaired) electrons. The minimum absolute atomic E-state index is 0.124. The van der Waals surface area contributed by atoms with Gasteiger partial charge in [0.15, 0.2) is 0 Å². The van der Waals surface area contributed by atoms with Gasteiger partial charge in [-0.1, -0.05) is 15.9 Å². The summed E-state index contributed by atoms with van der Waals surface area (Å²) in [5.74, 6) is -0.664. The molecule has 1 aromatic carbocycles. The molecule has 0 saturated carbocycles. The van der Waals surface area contributed by atoms with Gasteiger partial charge in [0.25, 0.3) is 5.91 Å². The Kier molecular flexibility index (Phi) is 8.22. The van der Waals surface area contributed by atoms with E-state index in [2.05, 4.69) is 42.4 Å². The summed E-state index contributed by atoms with van der Waals surface area (Å²) < 4.78 is 1.11. The number of hydrogen-bond donors (Lipinski definition) is 7. The van der Waals surface area contributed by atoms with E-state index < -0.39 is 36.9 Å². The number of amides is 1. The molecule has 0 aliphatic heterocycles. The summed E-state index contributed by atoms with van der Waals surface area (Å²) in [6.45, 7) is -0.796. The molecule has 1 rings (SSSR count). The lowest BCUT2D eigenvalue weighted by Crippen LogP contribution is -2.46. The first-order chi connectivity index (χ1) is 11.2. The Morgan fingerprint density at radius 2 is 1.88 bits per heavy atom. The van der Waals surface area contributed by atoms with E-state index in [1.165, 1.54) is 6.07 Å². The molecule has 0 unspecified atom stereocenters. The molecular weight excluding hydrogens is 454 g/mol. The smallest absolute Gasteiger partial charge is 0.273 e. The van der Waals surface area contributed by atoms with Crippen LogP contribution in [0.25, 0.3) is 0 Å². The molecule has 11 heteroatoms. The number of nitrogens with one attached hydrogen (secondary N) is 1. The van der Waals surface area contributed by atoms with E-state index in [1.54, 1.807) is 6.07 Å². The van der Waals surface area contributed by atoms with Gasteiger partial charge < -0.3 is 31.3 Å². The van der Waals surface area contributed by atoms with Gasteiger partial charge in [0.1, 0.15) is 24.4 Å². The third kappa shape index (κ3) is 5.48. The van der Waals surface area contributed by atoms with E-state index >= 15 is 0 Å². The van der Waals surface area contributed by atoms with Crippen LogP contribution >= 0.6 is 31.9 Å². The van der Waals surface area contributed by atoms with Gasteiger partial charge in [0.05, 0.1) is 24.1 Å². The predicted molar refractivity (Wildman–Crippen MR) is 93.3 cm³/mol. The lowest BCUT2D eigenvalue weighted by atomic mass is 10.0. The van der Waals surface area contributed by atoms with Gasteiger partial charge in [0.2, 0.25) is 0 Å². The Bertz CT molecular complexity index is 616. The zero-order valence-corrected chi connectivity index (χ0v) is 15.3. The van der Waals surface area contributed by atoms with Crippen molar-refractivity contribution in [2.75, 3.05) is 12.3 Å². The van der Waals surface area contributed by atoms with Crippen molar-refractivity contribution < 1.29 is 30.3 Å². The first-order valence-electron chi connectivity index (χ1n) is 6.60. The maximum atomic E-state index is 12.0. The number of nitrogens with zero attached hydrogens (tertiary/aromatic N) is 1. The van der Waals surface area contributed by atoms with Gasteiger partial charge in [-0.15, -0.1) is 0 Å². The molecule has 0 spiro atoms. The highest BCUT2D eigenvalue weighted by Gasteiger charge is 2.29. The molecule has 0 fully saturated rings. The first kappa shape index (κ1) is 21.0. The minimum atomic E-state index is -1.81. The number of carbonyl (C=O) groups is 1. The number of hydrogen-bond acceptors (Lipinski definition) is 8. The molecule has 9 nitrogen and oxygen atoms in total. The summed E-state index contributed by atoms with van der Waals surface area (Å²) >= 11 is 6.41. The fourth-order valence-corrected chi connectivity index (χ4v) is 2.86. The van der Waals surface area contributed by atoms with Gasteiger partial charge in [-0.05, 0) is 28.1 Å². The average molecular weight is 471 g/mol. The van der Waals surface area contributed by atoms with Crippen LogP contribution in [0.4, 0.5) is 5.69 Å². The summed E-state index contributed by atoms with van der Waals surface area (Å²) in [5.41, 5.74) is 8.18. The van der Waals surface area contributed by atoms with Crippen LogP contribution in [-0.2, 0) is 0 Å². The number of anilines is 1. The standard InChI is InChI=1S/C13H17Br2N3O6/c14-5-1-6(10(16)7(15)2-5)13(24)18-17-3-8(20)11(22)12(23)9(21)4-19/h1-3,8-9,11-12,19-23H,4,16H2,(H,18,24)/b17-3+/t8-,9+,11+,12-/m0/s1. The Balaban J connectivity index is 2.71. The largest absolute Gasteiger partial charge is 0.397 e. The molecule has 1 amide bonds. The number of nitrogens with two attached hydrogens (primary N) is 1. The molecule has 8 N–H and O–H groups in total. The number of rotatable bonds is 7. The monoisotopic (exact) mass is 469 g/mol. The minimum Gasteiger partial charge on any atom is -0.397 e. The van der Waals surface area contributed by atoms with E-state index in [0.717, 1.165) is 6.21 Å². The number of halogens is 2. The van der Waals surface area contributed by atoms with Gasteiger partial charge in [-0.25, -0.2) is 5.43 Å². The van der Waals surface area contributed by atoms with Crippen molar-refractivity contribution in [1.82, 2.24) is 5.43 Å². The van der Waals surface area contributed by atoms with Crippen LogP contribution in [-0.4, -0.2) is 68.7 Å². The normalized spacial score (nSPS) is 16.6. The third-order valence-electron chi connectivity index (χ3n) is 3.01. The van der Waals surface area contributed by atoms with E-state index in [-0.39, 0.29) is 11.3 Å². The molecule has 1 aromatic rings. The highest BCUT2D eigenvalue weighted by Crippen LogP contribution is 2.28. The van der Waals surface area contributed by atoms with Gasteiger partial charge >= 0.3 is 0 Å².